The highest BCUT2D eigenvalue weighted by molar-refractivity contribution is 5.80. The minimum atomic E-state index is 0.203. The number of fused-ring (bicyclic) bond motifs is 1. The highest BCUT2D eigenvalue weighted by Gasteiger charge is 2.22. The van der Waals surface area contributed by atoms with Crippen LogP contribution in [0.25, 0.3) is 0 Å². The molecule has 1 aliphatic heterocycles. The molecule has 0 spiro atoms. The van der Waals surface area contributed by atoms with Gasteiger partial charge in [-0.3, -0.25) is 4.79 Å². The van der Waals surface area contributed by atoms with Crippen molar-refractivity contribution in [1.82, 2.24) is 9.80 Å². The molecule has 0 bridgehead atoms. The molecule has 0 radical (unpaired) electrons. The Kier molecular flexibility index (Phi) is 9.63. The van der Waals surface area contributed by atoms with Gasteiger partial charge in [0.15, 0.2) is 11.5 Å². The number of unbranched alkanes of at least 4 members (excludes halogenated alkanes) is 1. The van der Waals surface area contributed by atoms with E-state index in [0.717, 1.165) is 56.8 Å². The van der Waals surface area contributed by atoms with Crippen LogP contribution in [0.5, 0.6) is 11.5 Å². The molecular weight excluding hydrogens is 426 g/mol. The van der Waals surface area contributed by atoms with Crippen molar-refractivity contribution in [2.24, 2.45) is 0 Å². The Morgan fingerprint density at radius 2 is 1.53 bits per heavy atom. The number of ether oxygens (including phenoxy) is 2. The number of benzene rings is 2. The lowest BCUT2D eigenvalue weighted by atomic mass is 10.0. The van der Waals surface area contributed by atoms with Crippen LogP contribution in [0.3, 0.4) is 0 Å². The Balaban J connectivity index is 1.37. The smallest absolute Gasteiger partial charge is 0.227 e. The van der Waals surface area contributed by atoms with E-state index in [4.69, 9.17) is 9.47 Å². The lowest BCUT2D eigenvalue weighted by molar-refractivity contribution is -0.130. The molecule has 2 aromatic carbocycles. The summed E-state index contributed by atoms with van der Waals surface area (Å²) >= 11 is 0. The summed E-state index contributed by atoms with van der Waals surface area (Å²) in [5.41, 5.74) is 4.89. The third-order valence-electron chi connectivity index (χ3n) is 6.73. The molecule has 1 heterocycles. The summed E-state index contributed by atoms with van der Waals surface area (Å²) in [6.07, 6.45) is 5.79. The van der Waals surface area contributed by atoms with E-state index in [1.165, 1.54) is 29.7 Å². The van der Waals surface area contributed by atoms with E-state index in [-0.39, 0.29) is 5.91 Å². The second kappa shape index (κ2) is 12.7. The van der Waals surface area contributed by atoms with Gasteiger partial charge < -0.3 is 24.2 Å². The van der Waals surface area contributed by atoms with E-state index < -0.39 is 0 Å². The number of amides is 1. The summed E-state index contributed by atoms with van der Waals surface area (Å²) in [6.45, 7) is 3.67. The van der Waals surface area contributed by atoms with Crippen LogP contribution < -0.4 is 14.4 Å². The van der Waals surface area contributed by atoms with E-state index in [9.17, 15) is 4.79 Å². The predicted octanol–water partition coefficient (Wildman–Crippen LogP) is 4.04. The molecule has 6 heteroatoms. The zero-order valence-electron chi connectivity index (χ0n) is 21.6. The quantitative estimate of drug-likeness (QED) is 0.441. The van der Waals surface area contributed by atoms with Gasteiger partial charge in [-0.15, -0.1) is 0 Å². The van der Waals surface area contributed by atoms with Crippen LogP contribution in [-0.4, -0.2) is 77.2 Å². The Morgan fingerprint density at radius 3 is 2.18 bits per heavy atom. The minimum Gasteiger partial charge on any atom is -0.493 e. The van der Waals surface area contributed by atoms with Crippen LogP contribution in [0.15, 0.2) is 36.4 Å². The van der Waals surface area contributed by atoms with E-state index in [1.807, 2.05) is 17.0 Å². The molecule has 186 valence electrons. The molecule has 0 unspecified atom stereocenters. The number of carbonyl (C=O) groups excluding carboxylic acids is 1. The summed E-state index contributed by atoms with van der Waals surface area (Å²) in [5.74, 6) is 1.62. The van der Waals surface area contributed by atoms with Crippen LogP contribution >= 0.6 is 0 Å². The van der Waals surface area contributed by atoms with Crippen molar-refractivity contribution in [3.8, 4) is 11.5 Å². The molecule has 34 heavy (non-hydrogen) atoms. The van der Waals surface area contributed by atoms with E-state index in [2.05, 4.69) is 55.2 Å². The Bertz CT molecular complexity index is 927. The van der Waals surface area contributed by atoms with Crippen molar-refractivity contribution in [3.05, 3.63) is 53.1 Å². The van der Waals surface area contributed by atoms with Crippen molar-refractivity contribution in [2.75, 3.05) is 66.4 Å². The minimum absolute atomic E-state index is 0.203. The van der Waals surface area contributed by atoms with Gasteiger partial charge >= 0.3 is 0 Å². The van der Waals surface area contributed by atoms with Crippen molar-refractivity contribution in [2.45, 2.75) is 38.5 Å². The summed E-state index contributed by atoms with van der Waals surface area (Å²) in [5, 5.41) is 0. The zero-order chi connectivity index (χ0) is 24.5. The number of rotatable bonds is 12. The van der Waals surface area contributed by atoms with Crippen LogP contribution in [-0.2, 0) is 24.1 Å². The van der Waals surface area contributed by atoms with Gasteiger partial charge in [-0.2, -0.15) is 0 Å². The fourth-order valence-corrected chi connectivity index (χ4v) is 4.57. The van der Waals surface area contributed by atoms with Gasteiger partial charge in [0.1, 0.15) is 0 Å². The van der Waals surface area contributed by atoms with Gasteiger partial charge in [-0.1, -0.05) is 12.1 Å². The van der Waals surface area contributed by atoms with Gasteiger partial charge in [0.05, 0.1) is 20.6 Å². The zero-order valence-corrected chi connectivity index (χ0v) is 21.6. The van der Waals surface area contributed by atoms with E-state index in [0.29, 0.717) is 12.2 Å². The van der Waals surface area contributed by atoms with Gasteiger partial charge in [0, 0.05) is 32.9 Å². The largest absolute Gasteiger partial charge is 0.493 e. The number of hydrogen-bond donors (Lipinski definition) is 0. The lowest BCUT2D eigenvalue weighted by Gasteiger charge is -2.22. The molecule has 2 aromatic rings. The molecular formula is C28H41N3O3. The van der Waals surface area contributed by atoms with Crippen molar-refractivity contribution >= 4 is 11.6 Å². The highest BCUT2D eigenvalue weighted by Crippen LogP contribution is 2.32. The maximum atomic E-state index is 12.8. The molecule has 0 atom stereocenters. The average molecular weight is 468 g/mol. The number of methoxy groups -OCH3 is 2. The highest BCUT2D eigenvalue weighted by atomic mass is 16.5. The number of nitrogens with zero attached hydrogens (tertiary/aromatic N) is 3. The maximum Gasteiger partial charge on any atom is 0.227 e. The first kappa shape index (κ1) is 25.9. The topological polar surface area (TPSA) is 45.3 Å². The molecule has 0 aliphatic carbocycles. The van der Waals surface area contributed by atoms with E-state index >= 15 is 0 Å². The molecule has 0 N–H and O–H groups in total. The first-order valence-corrected chi connectivity index (χ1v) is 12.4. The summed E-state index contributed by atoms with van der Waals surface area (Å²) in [6, 6.07) is 12.8. The van der Waals surface area contributed by atoms with Crippen LogP contribution in [0.4, 0.5) is 5.69 Å². The fraction of sp³-hybridized carbons (Fsp3) is 0.536. The van der Waals surface area contributed by atoms with Crippen molar-refractivity contribution in [3.63, 3.8) is 0 Å². The van der Waals surface area contributed by atoms with Gasteiger partial charge in [0.25, 0.3) is 0 Å². The van der Waals surface area contributed by atoms with Crippen molar-refractivity contribution < 1.29 is 14.3 Å². The lowest BCUT2D eigenvalue weighted by Crippen LogP contribution is -2.35. The number of hydrogen-bond acceptors (Lipinski definition) is 5. The first-order chi connectivity index (χ1) is 16.4. The number of carbonyl (C=O) groups is 1. The Morgan fingerprint density at radius 1 is 0.882 bits per heavy atom. The summed E-state index contributed by atoms with van der Waals surface area (Å²) < 4.78 is 10.9. The van der Waals surface area contributed by atoms with Crippen LogP contribution in [0.2, 0.25) is 0 Å². The second-order valence-corrected chi connectivity index (χ2v) is 9.46. The monoisotopic (exact) mass is 467 g/mol. The first-order valence-electron chi connectivity index (χ1n) is 12.4. The maximum absolute atomic E-state index is 12.8. The van der Waals surface area contributed by atoms with Crippen molar-refractivity contribution in [1.29, 1.82) is 0 Å². The molecule has 0 aromatic heterocycles. The Hall–Kier alpha value is -2.73. The number of anilines is 1. The van der Waals surface area contributed by atoms with E-state index in [1.54, 1.807) is 14.2 Å². The summed E-state index contributed by atoms with van der Waals surface area (Å²) in [7, 11) is 9.61. The standard InChI is InChI=1S/C28H41N3O3/c1-29(2)25-12-10-22(11-13-25)9-6-7-15-30(3)16-8-17-31-18-14-23-19-26(33-4)27(34-5)20-24(23)21-28(31)32/h10-13,19-20H,6-9,14-18,21H2,1-5H3. The second-order valence-electron chi connectivity index (χ2n) is 9.46. The fourth-order valence-electron chi connectivity index (χ4n) is 4.57. The molecule has 0 saturated carbocycles. The van der Waals surface area contributed by atoms with Gasteiger partial charge in [-0.05, 0) is 93.2 Å². The molecule has 3 rings (SSSR count). The van der Waals surface area contributed by atoms with Gasteiger partial charge in [-0.25, -0.2) is 0 Å². The molecule has 6 nitrogen and oxygen atoms in total. The normalized spacial score (nSPS) is 13.6. The molecule has 1 amide bonds. The molecule has 0 saturated heterocycles. The van der Waals surface area contributed by atoms with Crippen LogP contribution in [0.1, 0.15) is 36.0 Å². The third kappa shape index (κ3) is 7.13. The van der Waals surface area contributed by atoms with Crippen LogP contribution in [0, 0.1) is 0 Å². The van der Waals surface area contributed by atoms with Gasteiger partial charge in [0.2, 0.25) is 5.91 Å². The Labute approximate surface area is 205 Å². The SMILES string of the molecule is COc1cc2c(cc1OC)CC(=O)N(CCCN(C)CCCCc1ccc(N(C)C)cc1)CC2. The molecule has 1 aliphatic rings. The number of aryl methyl sites for hydroxylation is 1. The molecule has 0 fully saturated rings. The third-order valence-corrected chi connectivity index (χ3v) is 6.73. The predicted molar refractivity (Wildman–Crippen MR) is 139 cm³/mol. The average Bonchev–Trinajstić information content (AvgIpc) is 2.99. The summed E-state index contributed by atoms with van der Waals surface area (Å²) in [4.78, 5) is 19.4.